The first-order valence-corrected chi connectivity index (χ1v) is 6.04. The molecule has 0 atom stereocenters. The van der Waals surface area contributed by atoms with Gasteiger partial charge >= 0.3 is 0 Å². The summed E-state index contributed by atoms with van der Waals surface area (Å²) in [6.07, 6.45) is -2.52. The highest BCUT2D eigenvalue weighted by Gasteiger charge is 2.26. The Balaban J connectivity index is 3.59. The van der Waals surface area contributed by atoms with Crippen LogP contribution in [0, 0.1) is 0 Å². The average Bonchev–Trinajstić information content (AvgIpc) is 2.00. The fraction of sp³-hybridized carbons (Fsp3) is 0.167. The van der Waals surface area contributed by atoms with Crippen molar-refractivity contribution in [3.05, 3.63) is 16.9 Å². The van der Waals surface area contributed by atoms with Crippen LogP contribution in [0.2, 0.25) is 5.02 Å². The van der Waals surface area contributed by atoms with E-state index in [1.807, 2.05) is 0 Å². The lowest BCUT2D eigenvalue weighted by Gasteiger charge is -2.06. The summed E-state index contributed by atoms with van der Waals surface area (Å²) in [7, 11) is 0.498. The molecule has 0 bridgehead atoms. The van der Waals surface area contributed by atoms with Crippen molar-refractivity contribution in [3.8, 4) is 5.75 Å². The molecule has 0 saturated heterocycles. The van der Waals surface area contributed by atoms with Crippen molar-refractivity contribution in [1.82, 2.24) is 4.98 Å². The molecular formula is C6H3Cl2F2NO3S. The normalized spacial score (nSPS) is 12.1. The van der Waals surface area contributed by atoms with Crippen LogP contribution in [-0.2, 0) is 9.05 Å². The minimum Gasteiger partial charge on any atom is -0.505 e. The zero-order chi connectivity index (χ0) is 11.8. The first kappa shape index (κ1) is 12.4. The Morgan fingerprint density at radius 1 is 1.47 bits per heavy atom. The lowest BCUT2D eigenvalue weighted by Crippen LogP contribution is -1.99. The fourth-order valence-corrected chi connectivity index (χ4v) is 2.60. The summed E-state index contributed by atoms with van der Waals surface area (Å²) in [6, 6.07) is 0. The quantitative estimate of drug-likeness (QED) is 0.843. The standard InChI is InChI=1S/C6H3Cl2F2NO3S/c7-3-4(6(9)10)11-1-2(12)5(3)15(8,13)14/h1,6,12H. The Morgan fingerprint density at radius 2 is 2.00 bits per heavy atom. The van der Waals surface area contributed by atoms with E-state index in [1.54, 1.807) is 0 Å². The van der Waals surface area contributed by atoms with Crippen molar-refractivity contribution in [2.24, 2.45) is 0 Å². The highest BCUT2D eigenvalue weighted by Crippen LogP contribution is 2.37. The van der Waals surface area contributed by atoms with Crippen molar-refractivity contribution in [3.63, 3.8) is 0 Å². The summed E-state index contributed by atoms with van der Waals surface area (Å²) in [6.45, 7) is 0. The van der Waals surface area contributed by atoms with Crippen molar-refractivity contribution in [1.29, 1.82) is 0 Å². The maximum atomic E-state index is 12.3. The first-order valence-electron chi connectivity index (χ1n) is 3.35. The van der Waals surface area contributed by atoms with Gasteiger partial charge in [0.25, 0.3) is 15.5 Å². The molecule has 1 aromatic rings. The van der Waals surface area contributed by atoms with E-state index in [0.29, 0.717) is 6.20 Å². The van der Waals surface area contributed by atoms with E-state index >= 15 is 0 Å². The van der Waals surface area contributed by atoms with Crippen LogP contribution < -0.4 is 0 Å². The number of aromatic hydroxyl groups is 1. The van der Waals surface area contributed by atoms with Gasteiger partial charge in [0.15, 0.2) is 5.75 Å². The lowest BCUT2D eigenvalue weighted by molar-refractivity contribution is 0.145. The predicted molar refractivity (Wildman–Crippen MR) is 48.9 cm³/mol. The Labute approximate surface area is 92.9 Å². The van der Waals surface area contributed by atoms with E-state index in [-0.39, 0.29) is 0 Å². The second-order valence-electron chi connectivity index (χ2n) is 2.41. The van der Waals surface area contributed by atoms with Gasteiger partial charge in [-0.2, -0.15) is 0 Å². The van der Waals surface area contributed by atoms with Gasteiger partial charge in [-0.25, -0.2) is 22.2 Å². The van der Waals surface area contributed by atoms with E-state index < -0.39 is 36.8 Å². The number of hydrogen-bond acceptors (Lipinski definition) is 4. The third kappa shape index (κ3) is 2.47. The van der Waals surface area contributed by atoms with Crippen LogP contribution in [0.3, 0.4) is 0 Å². The molecule has 0 unspecified atom stereocenters. The van der Waals surface area contributed by atoms with Crippen molar-refractivity contribution >= 4 is 31.3 Å². The molecule has 1 heterocycles. The van der Waals surface area contributed by atoms with E-state index in [9.17, 15) is 17.2 Å². The molecule has 4 nitrogen and oxygen atoms in total. The van der Waals surface area contributed by atoms with Gasteiger partial charge in [-0.05, 0) is 0 Å². The number of nitrogens with zero attached hydrogens (tertiary/aromatic N) is 1. The molecule has 0 aromatic carbocycles. The van der Waals surface area contributed by atoms with Gasteiger partial charge in [0.1, 0.15) is 10.6 Å². The number of rotatable bonds is 2. The van der Waals surface area contributed by atoms with Crippen LogP contribution in [0.25, 0.3) is 0 Å². The highest BCUT2D eigenvalue weighted by atomic mass is 35.7. The highest BCUT2D eigenvalue weighted by molar-refractivity contribution is 8.14. The van der Waals surface area contributed by atoms with Gasteiger partial charge in [0, 0.05) is 10.7 Å². The van der Waals surface area contributed by atoms with Crippen LogP contribution in [0.15, 0.2) is 11.1 Å². The second-order valence-corrected chi connectivity index (χ2v) is 5.29. The third-order valence-corrected chi connectivity index (χ3v) is 3.29. The van der Waals surface area contributed by atoms with Gasteiger partial charge in [0.05, 0.1) is 11.2 Å². The van der Waals surface area contributed by atoms with E-state index in [0.717, 1.165) is 0 Å². The first-order chi connectivity index (χ1) is 6.75. The van der Waals surface area contributed by atoms with Gasteiger partial charge in [-0.3, -0.25) is 0 Å². The third-order valence-electron chi connectivity index (χ3n) is 1.43. The molecule has 0 fully saturated rings. The van der Waals surface area contributed by atoms with Crippen molar-refractivity contribution in [2.75, 3.05) is 0 Å². The molecule has 1 rings (SSSR count). The molecule has 1 aromatic heterocycles. The molecule has 15 heavy (non-hydrogen) atoms. The number of hydrogen-bond donors (Lipinski definition) is 1. The summed E-state index contributed by atoms with van der Waals surface area (Å²) in [5, 5.41) is 8.20. The maximum absolute atomic E-state index is 12.3. The molecule has 84 valence electrons. The van der Waals surface area contributed by atoms with Gasteiger partial charge in [-0.1, -0.05) is 11.6 Å². The predicted octanol–water partition coefficient (Wildman–Crippen LogP) is 2.31. The molecule has 0 saturated carbocycles. The Morgan fingerprint density at radius 3 is 2.40 bits per heavy atom. The van der Waals surface area contributed by atoms with Crippen LogP contribution in [0.1, 0.15) is 12.1 Å². The summed E-state index contributed by atoms with van der Waals surface area (Å²) >= 11 is 5.33. The molecule has 0 aliphatic heterocycles. The summed E-state index contributed by atoms with van der Waals surface area (Å²) in [4.78, 5) is 2.13. The summed E-state index contributed by atoms with van der Waals surface area (Å²) < 4.78 is 46.3. The smallest absolute Gasteiger partial charge is 0.281 e. The number of pyridine rings is 1. The Hall–Kier alpha value is -0.660. The molecule has 1 N–H and O–H groups in total. The van der Waals surface area contributed by atoms with Crippen LogP contribution in [0.5, 0.6) is 5.75 Å². The molecule has 0 radical (unpaired) electrons. The summed E-state index contributed by atoms with van der Waals surface area (Å²) in [5.41, 5.74) is -0.950. The molecular weight excluding hydrogens is 275 g/mol. The molecule has 9 heteroatoms. The van der Waals surface area contributed by atoms with E-state index in [1.165, 1.54) is 0 Å². The van der Waals surface area contributed by atoms with Crippen molar-refractivity contribution in [2.45, 2.75) is 11.3 Å². The molecule has 0 spiro atoms. The minimum atomic E-state index is -4.40. The zero-order valence-electron chi connectivity index (χ0n) is 6.79. The van der Waals surface area contributed by atoms with Gasteiger partial charge < -0.3 is 5.11 Å². The molecule has 0 amide bonds. The Bertz CT molecular complexity index is 491. The van der Waals surface area contributed by atoms with Crippen molar-refractivity contribution < 1.29 is 22.3 Å². The number of aromatic nitrogens is 1. The number of halogens is 4. The van der Waals surface area contributed by atoms with Gasteiger partial charge in [0.2, 0.25) is 0 Å². The average molecular weight is 278 g/mol. The van der Waals surface area contributed by atoms with Crippen LogP contribution in [0.4, 0.5) is 8.78 Å². The lowest BCUT2D eigenvalue weighted by atomic mass is 10.3. The Kier molecular flexibility index (Phi) is 3.37. The maximum Gasteiger partial charge on any atom is 0.281 e. The van der Waals surface area contributed by atoms with Gasteiger partial charge in [-0.15, -0.1) is 0 Å². The SMILES string of the molecule is O=S(=O)(Cl)c1c(O)cnc(C(F)F)c1Cl. The number of alkyl halides is 2. The molecule has 0 aliphatic rings. The zero-order valence-corrected chi connectivity index (χ0v) is 9.11. The van der Waals surface area contributed by atoms with Crippen LogP contribution in [-0.4, -0.2) is 18.5 Å². The topological polar surface area (TPSA) is 67.3 Å². The van der Waals surface area contributed by atoms with E-state index in [2.05, 4.69) is 4.98 Å². The summed E-state index contributed by atoms with van der Waals surface area (Å²) in [5.74, 6) is -0.876. The van der Waals surface area contributed by atoms with Crippen LogP contribution >= 0.6 is 22.3 Å². The minimum absolute atomic E-state index is 0.544. The fourth-order valence-electron chi connectivity index (χ4n) is 0.859. The molecule has 0 aliphatic carbocycles. The largest absolute Gasteiger partial charge is 0.505 e. The van der Waals surface area contributed by atoms with E-state index in [4.69, 9.17) is 27.4 Å². The monoisotopic (exact) mass is 277 g/mol. The second kappa shape index (κ2) is 4.07.